The van der Waals surface area contributed by atoms with Gasteiger partial charge in [-0.05, 0) is 37.5 Å². The van der Waals surface area contributed by atoms with E-state index in [1.54, 1.807) is 0 Å². The largest absolute Gasteiger partial charge is 0.494 e. The van der Waals surface area contributed by atoms with Crippen molar-refractivity contribution in [3.63, 3.8) is 0 Å². The van der Waals surface area contributed by atoms with Gasteiger partial charge in [-0.2, -0.15) is 0 Å². The van der Waals surface area contributed by atoms with Crippen molar-refractivity contribution in [2.75, 3.05) is 6.61 Å². The smallest absolute Gasteiger partial charge is 0.243 e. The molecule has 2 N–H and O–H groups in total. The van der Waals surface area contributed by atoms with Gasteiger partial charge in [0.1, 0.15) is 23.6 Å². The molecule has 31 heavy (non-hydrogen) atoms. The third-order valence-corrected chi connectivity index (χ3v) is 5.31. The van der Waals surface area contributed by atoms with E-state index in [1.807, 2.05) is 70.2 Å². The van der Waals surface area contributed by atoms with Crippen molar-refractivity contribution in [2.24, 2.45) is 5.92 Å². The van der Waals surface area contributed by atoms with Crippen LogP contribution in [0, 0.1) is 5.92 Å². The van der Waals surface area contributed by atoms with Crippen molar-refractivity contribution in [1.29, 1.82) is 0 Å². The van der Waals surface area contributed by atoms with E-state index in [-0.39, 0.29) is 30.3 Å². The van der Waals surface area contributed by atoms with Crippen LogP contribution < -0.4 is 20.1 Å². The van der Waals surface area contributed by atoms with Crippen LogP contribution in [-0.2, 0) is 29.0 Å². The molecule has 166 valence electrons. The standard InChI is InChI=1S/C25H32N2O4/c1-5-30-21-13-19-11-17(4)31-22(19)14-20(21)15-26-25(29)24(16(2)3)27-23(28)12-18-9-7-6-8-10-18/h6-10,13-14,16-17,24H,5,11-12,15H2,1-4H3,(H,26,29)(H,27,28)/t17-,24-/m0/s1. The zero-order chi connectivity index (χ0) is 22.4. The lowest BCUT2D eigenvalue weighted by Crippen LogP contribution is -2.49. The van der Waals surface area contributed by atoms with E-state index >= 15 is 0 Å². The van der Waals surface area contributed by atoms with Gasteiger partial charge in [0.2, 0.25) is 11.8 Å². The van der Waals surface area contributed by atoms with Gasteiger partial charge in [0.05, 0.1) is 13.0 Å². The van der Waals surface area contributed by atoms with E-state index in [2.05, 4.69) is 10.6 Å². The van der Waals surface area contributed by atoms with Gasteiger partial charge in [-0.25, -0.2) is 0 Å². The quantitative estimate of drug-likeness (QED) is 0.647. The molecule has 0 bridgehead atoms. The van der Waals surface area contributed by atoms with Gasteiger partial charge in [0.25, 0.3) is 0 Å². The number of hydrogen-bond acceptors (Lipinski definition) is 4. The number of carbonyl (C=O) groups is 2. The lowest BCUT2D eigenvalue weighted by Gasteiger charge is -2.22. The summed E-state index contributed by atoms with van der Waals surface area (Å²) in [5.41, 5.74) is 2.90. The summed E-state index contributed by atoms with van der Waals surface area (Å²) in [7, 11) is 0. The van der Waals surface area contributed by atoms with E-state index in [0.717, 1.165) is 34.6 Å². The Morgan fingerprint density at radius 2 is 1.94 bits per heavy atom. The second kappa shape index (κ2) is 10.3. The summed E-state index contributed by atoms with van der Waals surface area (Å²) in [5.74, 6) is 1.17. The predicted molar refractivity (Wildman–Crippen MR) is 120 cm³/mol. The minimum absolute atomic E-state index is 0.0460. The summed E-state index contributed by atoms with van der Waals surface area (Å²) in [6, 6.07) is 12.8. The number of ether oxygens (including phenoxy) is 2. The maximum absolute atomic E-state index is 12.9. The summed E-state index contributed by atoms with van der Waals surface area (Å²) >= 11 is 0. The Morgan fingerprint density at radius 3 is 2.61 bits per heavy atom. The summed E-state index contributed by atoms with van der Waals surface area (Å²) in [4.78, 5) is 25.4. The highest BCUT2D eigenvalue weighted by Gasteiger charge is 2.25. The molecule has 0 fully saturated rings. The summed E-state index contributed by atoms with van der Waals surface area (Å²) in [6.07, 6.45) is 1.23. The molecule has 0 radical (unpaired) electrons. The topological polar surface area (TPSA) is 76.7 Å². The Kier molecular flexibility index (Phi) is 7.55. The monoisotopic (exact) mass is 424 g/mol. The van der Waals surface area contributed by atoms with Crippen molar-refractivity contribution in [2.45, 2.75) is 59.2 Å². The Hall–Kier alpha value is -3.02. The molecule has 2 aromatic rings. The minimum atomic E-state index is -0.613. The fourth-order valence-electron chi connectivity index (χ4n) is 3.74. The van der Waals surface area contributed by atoms with Crippen LogP contribution in [0.25, 0.3) is 0 Å². The van der Waals surface area contributed by atoms with Crippen LogP contribution in [0.3, 0.4) is 0 Å². The third-order valence-electron chi connectivity index (χ3n) is 5.31. The molecular formula is C25H32N2O4. The van der Waals surface area contributed by atoms with E-state index in [9.17, 15) is 9.59 Å². The van der Waals surface area contributed by atoms with Crippen LogP contribution in [0.5, 0.6) is 11.5 Å². The van der Waals surface area contributed by atoms with Gasteiger partial charge in [0, 0.05) is 24.1 Å². The van der Waals surface area contributed by atoms with Crippen molar-refractivity contribution >= 4 is 11.8 Å². The van der Waals surface area contributed by atoms with Gasteiger partial charge in [-0.1, -0.05) is 44.2 Å². The predicted octanol–water partition coefficient (Wildman–Crippen LogP) is 3.41. The number of hydrogen-bond donors (Lipinski definition) is 2. The van der Waals surface area contributed by atoms with Crippen LogP contribution in [0.2, 0.25) is 0 Å². The fourth-order valence-corrected chi connectivity index (χ4v) is 3.74. The molecule has 0 aromatic heterocycles. The Labute approximate surface area is 184 Å². The average molecular weight is 425 g/mol. The lowest BCUT2D eigenvalue weighted by atomic mass is 10.0. The molecule has 6 nitrogen and oxygen atoms in total. The van der Waals surface area contributed by atoms with Crippen molar-refractivity contribution in [3.8, 4) is 11.5 Å². The van der Waals surface area contributed by atoms with E-state index in [0.29, 0.717) is 13.2 Å². The number of fused-ring (bicyclic) bond motifs is 1. The molecule has 2 aromatic carbocycles. The first-order valence-electron chi connectivity index (χ1n) is 10.9. The van der Waals surface area contributed by atoms with Crippen LogP contribution in [-0.4, -0.2) is 30.6 Å². The molecule has 1 heterocycles. The first kappa shape index (κ1) is 22.7. The zero-order valence-corrected chi connectivity index (χ0v) is 18.7. The third kappa shape index (κ3) is 6.00. The molecule has 0 saturated carbocycles. The van der Waals surface area contributed by atoms with Crippen LogP contribution >= 0.6 is 0 Å². The molecular weight excluding hydrogens is 392 g/mol. The number of rotatable bonds is 9. The summed E-state index contributed by atoms with van der Waals surface area (Å²) in [6.45, 7) is 8.66. The first-order valence-corrected chi connectivity index (χ1v) is 10.9. The molecule has 1 aliphatic rings. The van der Waals surface area contributed by atoms with Crippen molar-refractivity contribution < 1.29 is 19.1 Å². The van der Waals surface area contributed by atoms with Gasteiger partial charge >= 0.3 is 0 Å². The summed E-state index contributed by atoms with van der Waals surface area (Å²) < 4.78 is 11.6. The van der Waals surface area contributed by atoms with Crippen molar-refractivity contribution in [3.05, 3.63) is 59.2 Å². The van der Waals surface area contributed by atoms with Crippen LogP contribution in [0.4, 0.5) is 0 Å². The molecule has 0 saturated heterocycles. The zero-order valence-electron chi connectivity index (χ0n) is 18.7. The average Bonchev–Trinajstić information content (AvgIpc) is 3.09. The second-order valence-corrected chi connectivity index (χ2v) is 8.30. The first-order chi connectivity index (χ1) is 14.9. The SMILES string of the molecule is CCOc1cc2c(cc1CNC(=O)[C@@H](NC(=O)Cc1ccccc1)C(C)C)O[C@@H](C)C2. The second-order valence-electron chi connectivity index (χ2n) is 8.30. The van der Waals surface area contributed by atoms with E-state index < -0.39 is 6.04 Å². The Balaban J connectivity index is 1.65. The molecule has 0 aliphatic carbocycles. The van der Waals surface area contributed by atoms with Gasteiger partial charge in [-0.3, -0.25) is 9.59 Å². The lowest BCUT2D eigenvalue weighted by molar-refractivity contribution is -0.129. The minimum Gasteiger partial charge on any atom is -0.494 e. The summed E-state index contributed by atoms with van der Waals surface area (Å²) in [5, 5.41) is 5.84. The molecule has 6 heteroatoms. The van der Waals surface area contributed by atoms with Crippen LogP contribution in [0.15, 0.2) is 42.5 Å². The number of carbonyl (C=O) groups excluding carboxylic acids is 2. The van der Waals surface area contributed by atoms with Crippen LogP contribution in [0.1, 0.15) is 44.4 Å². The maximum Gasteiger partial charge on any atom is 0.243 e. The molecule has 2 atom stereocenters. The normalized spacial score (nSPS) is 15.7. The van der Waals surface area contributed by atoms with Gasteiger partial charge < -0.3 is 20.1 Å². The Morgan fingerprint density at radius 1 is 1.19 bits per heavy atom. The van der Waals surface area contributed by atoms with Gasteiger partial charge in [-0.15, -0.1) is 0 Å². The highest BCUT2D eigenvalue weighted by atomic mass is 16.5. The van der Waals surface area contributed by atoms with Crippen molar-refractivity contribution in [1.82, 2.24) is 10.6 Å². The fraction of sp³-hybridized carbons (Fsp3) is 0.440. The Bertz CT molecular complexity index is 911. The molecule has 2 amide bonds. The highest BCUT2D eigenvalue weighted by Crippen LogP contribution is 2.35. The van der Waals surface area contributed by atoms with E-state index in [4.69, 9.17) is 9.47 Å². The number of benzene rings is 2. The number of nitrogens with one attached hydrogen (secondary N) is 2. The molecule has 1 aliphatic heterocycles. The molecule has 3 rings (SSSR count). The molecule has 0 spiro atoms. The highest BCUT2D eigenvalue weighted by molar-refractivity contribution is 5.88. The van der Waals surface area contributed by atoms with E-state index in [1.165, 1.54) is 0 Å². The van der Waals surface area contributed by atoms with Gasteiger partial charge in [0.15, 0.2) is 0 Å². The molecule has 0 unspecified atom stereocenters. The number of amides is 2. The maximum atomic E-state index is 12.9.